The van der Waals surface area contributed by atoms with E-state index in [-0.39, 0.29) is 24.2 Å². The van der Waals surface area contributed by atoms with Crippen LogP contribution in [-0.2, 0) is 0 Å². The Balaban J connectivity index is 1.45. The molecule has 1 aromatic carbocycles. The van der Waals surface area contributed by atoms with Gasteiger partial charge >= 0.3 is 0 Å². The van der Waals surface area contributed by atoms with Gasteiger partial charge in [0.05, 0.1) is 0 Å². The van der Waals surface area contributed by atoms with Gasteiger partial charge in [0.25, 0.3) is 5.91 Å². The smallest absolute Gasteiger partial charge is 0.251 e. The molecule has 3 heterocycles. The van der Waals surface area contributed by atoms with Crippen molar-refractivity contribution in [2.24, 2.45) is 5.92 Å². The van der Waals surface area contributed by atoms with Crippen LogP contribution in [-0.4, -0.2) is 48.7 Å². The van der Waals surface area contributed by atoms with Gasteiger partial charge < -0.3 is 19.7 Å². The lowest BCUT2D eigenvalue weighted by Gasteiger charge is -2.33. The summed E-state index contributed by atoms with van der Waals surface area (Å²) in [4.78, 5) is 15.1. The quantitative estimate of drug-likeness (QED) is 0.912. The summed E-state index contributed by atoms with van der Waals surface area (Å²) in [6, 6.07) is 5.80. The second-order valence-corrected chi connectivity index (χ2v) is 7.61. The number of fused-ring (bicyclic) bond motifs is 3. The molecule has 1 N–H and O–H groups in total. The Bertz CT molecular complexity index is 636. The fraction of sp³-hybridized carbons (Fsp3) is 0.650. The zero-order valence-corrected chi connectivity index (χ0v) is 15.2. The predicted octanol–water partition coefficient (Wildman–Crippen LogP) is 2.84. The molecule has 1 amide bonds. The predicted molar refractivity (Wildman–Crippen MR) is 96.3 cm³/mol. The molecule has 0 saturated carbocycles. The number of ether oxygens (including phenoxy) is 2. The summed E-state index contributed by atoms with van der Waals surface area (Å²) >= 11 is 0. The zero-order valence-electron chi connectivity index (χ0n) is 15.2. The van der Waals surface area contributed by atoms with Crippen LogP contribution < -0.4 is 14.8 Å². The molecule has 136 valence electrons. The van der Waals surface area contributed by atoms with E-state index in [0.29, 0.717) is 11.3 Å². The number of piperidine rings is 1. The van der Waals surface area contributed by atoms with Crippen LogP contribution in [0.1, 0.15) is 49.9 Å². The number of hydrogen-bond donors (Lipinski definition) is 1. The van der Waals surface area contributed by atoms with Crippen LogP contribution in [0.5, 0.6) is 11.5 Å². The van der Waals surface area contributed by atoms with Gasteiger partial charge in [0, 0.05) is 24.7 Å². The van der Waals surface area contributed by atoms with Crippen LogP contribution in [0.25, 0.3) is 0 Å². The number of rotatable bonds is 4. The molecule has 5 nitrogen and oxygen atoms in total. The van der Waals surface area contributed by atoms with E-state index in [9.17, 15) is 4.79 Å². The molecule has 2 bridgehead atoms. The van der Waals surface area contributed by atoms with Gasteiger partial charge in [-0.15, -0.1) is 0 Å². The summed E-state index contributed by atoms with van der Waals surface area (Å²) in [5, 5.41) is 3.21. The molecule has 5 atom stereocenters. The Morgan fingerprint density at radius 1 is 1.16 bits per heavy atom. The monoisotopic (exact) mass is 344 g/mol. The van der Waals surface area contributed by atoms with E-state index in [4.69, 9.17) is 9.47 Å². The maximum atomic E-state index is 12.7. The topological polar surface area (TPSA) is 50.8 Å². The summed E-state index contributed by atoms with van der Waals surface area (Å²) in [5.74, 6) is 2.17. The van der Waals surface area contributed by atoms with E-state index >= 15 is 0 Å². The molecule has 3 aliphatic heterocycles. The van der Waals surface area contributed by atoms with E-state index in [1.165, 1.54) is 19.5 Å². The largest absolute Gasteiger partial charge is 0.483 e. The SMILES string of the molecule is CC[C@H]1Oc2ccc(C(=O)N[C@@H]3C[C@@H]4CCN(C4)C3)cc2O[C@@H]1CC. The van der Waals surface area contributed by atoms with Gasteiger partial charge in [0.1, 0.15) is 12.2 Å². The first kappa shape index (κ1) is 16.7. The Kier molecular flexibility index (Phi) is 4.59. The minimum atomic E-state index is -0.00966. The van der Waals surface area contributed by atoms with Crippen molar-refractivity contribution in [1.82, 2.24) is 10.2 Å². The number of carbonyl (C=O) groups excluding carboxylic acids is 1. The Morgan fingerprint density at radius 3 is 2.64 bits per heavy atom. The zero-order chi connectivity index (χ0) is 17.4. The minimum absolute atomic E-state index is 0.00966. The van der Waals surface area contributed by atoms with Crippen molar-refractivity contribution in [3.05, 3.63) is 23.8 Å². The lowest BCUT2D eigenvalue weighted by molar-refractivity contribution is 0.0168. The second-order valence-electron chi connectivity index (χ2n) is 7.61. The van der Waals surface area contributed by atoms with E-state index in [0.717, 1.165) is 37.5 Å². The normalized spacial score (nSPS) is 33.1. The molecule has 4 rings (SSSR count). The molecule has 3 aliphatic rings. The Labute approximate surface area is 149 Å². The van der Waals surface area contributed by atoms with Crippen molar-refractivity contribution < 1.29 is 14.3 Å². The fourth-order valence-corrected chi connectivity index (χ4v) is 4.44. The highest BCUT2D eigenvalue weighted by Gasteiger charge is 2.33. The Hall–Kier alpha value is -1.75. The van der Waals surface area contributed by atoms with Gasteiger partial charge in [0.15, 0.2) is 11.5 Å². The molecule has 5 heteroatoms. The standard InChI is InChI=1S/C20H28N2O3/c1-3-16-17(4-2)25-19-10-14(5-6-18(19)24-16)20(23)21-15-9-13-7-8-22(11-13)12-15/h5-6,10,13,15-17H,3-4,7-9,11-12H2,1-2H3,(H,21,23)/t13-,15+,16+,17+/m0/s1. The van der Waals surface area contributed by atoms with E-state index in [1.807, 2.05) is 18.2 Å². The highest BCUT2D eigenvalue weighted by atomic mass is 16.6. The van der Waals surface area contributed by atoms with Crippen molar-refractivity contribution in [3.8, 4) is 11.5 Å². The second kappa shape index (κ2) is 6.87. The van der Waals surface area contributed by atoms with Crippen molar-refractivity contribution >= 4 is 5.91 Å². The first-order valence-corrected chi connectivity index (χ1v) is 9.66. The van der Waals surface area contributed by atoms with Gasteiger partial charge in [-0.1, -0.05) is 13.8 Å². The molecular weight excluding hydrogens is 316 g/mol. The fourth-order valence-electron chi connectivity index (χ4n) is 4.44. The van der Waals surface area contributed by atoms with Crippen molar-refractivity contribution in [2.75, 3.05) is 19.6 Å². The molecular formula is C20H28N2O3. The molecule has 1 aromatic rings. The third kappa shape index (κ3) is 3.34. The first-order chi connectivity index (χ1) is 12.2. The van der Waals surface area contributed by atoms with Crippen LogP contribution >= 0.6 is 0 Å². The van der Waals surface area contributed by atoms with Gasteiger partial charge in [-0.05, 0) is 56.3 Å². The maximum Gasteiger partial charge on any atom is 0.251 e. The molecule has 0 radical (unpaired) electrons. The molecule has 2 fully saturated rings. The summed E-state index contributed by atoms with van der Waals surface area (Å²) in [7, 11) is 0. The van der Waals surface area contributed by atoms with Crippen LogP contribution in [0.4, 0.5) is 0 Å². The van der Waals surface area contributed by atoms with Gasteiger partial charge in [0.2, 0.25) is 0 Å². The van der Waals surface area contributed by atoms with Crippen LogP contribution in [0.15, 0.2) is 18.2 Å². The molecule has 25 heavy (non-hydrogen) atoms. The van der Waals surface area contributed by atoms with Crippen molar-refractivity contribution in [2.45, 2.75) is 57.8 Å². The first-order valence-electron chi connectivity index (χ1n) is 9.66. The highest BCUT2D eigenvalue weighted by Crippen LogP contribution is 2.36. The number of hydrogen-bond acceptors (Lipinski definition) is 4. The molecule has 1 unspecified atom stereocenters. The van der Waals surface area contributed by atoms with Crippen LogP contribution in [0.2, 0.25) is 0 Å². The number of benzene rings is 1. The molecule has 0 aliphatic carbocycles. The maximum absolute atomic E-state index is 12.7. The van der Waals surface area contributed by atoms with Crippen molar-refractivity contribution in [3.63, 3.8) is 0 Å². The molecule has 0 spiro atoms. The average molecular weight is 344 g/mol. The van der Waals surface area contributed by atoms with Gasteiger partial charge in [-0.25, -0.2) is 0 Å². The van der Waals surface area contributed by atoms with Crippen LogP contribution in [0.3, 0.4) is 0 Å². The van der Waals surface area contributed by atoms with Gasteiger partial charge in [-0.2, -0.15) is 0 Å². The average Bonchev–Trinajstić information content (AvgIpc) is 2.98. The number of nitrogens with one attached hydrogen (secondary N) is 1. The van der Waals surface area contributed by atoms with E-state index in [1.54, 1.807) is 0 Å². The highest BCUT2D eigenvalue weighted by molar-refractivity contribution is 5.95. The molecule has 0 aromatic heterocycles. The van der Waals surface area contributed by atoms with Gasteiger partial charge in [-0.3, -0.25) is 4.79 Å². The minimum Gasteiger partial charge on any atom is -0.483 e. The van der Waals surface area contributed by atoms with Crippen molar-refractivity contribution in [1.29, 1.82) is 0 Å². The summed E-state index contributed by atoms with van der Waals surface area (Å²) in [5.41, 5.74) is 0.653. The summed E-state index contributed by atoms with van der Waals surface area (Å²) in [6.45, 7) is 7.57. The lowest BCUT2D eigenvalue weighted by atomic mass is 9.96. The summed E-state index contributed by atoms with van der Waals surface area (Å²) in [6.07, 6.45) is 4.32. The summed E-state index contributed by atoms with van der Waals surface area (Å²) < 4.78 is 12.1. The third-order valence-electron chi connectivity index (χ3n) is 5.78. The third-order valence-corrected chi connectivity index (χ3v) is 5.78. The van der Waals surface area contributed by atoms with E-state index in [2.05, 4.69) is 24.1 Å². The lowest BCUT2D eigenvalue weighted by Crippen LogP contribution is -2.47. The number of carbonyl (C=O) groups is 1. The Morgan fingerprint density at radius 2 is 1.92 bits per heavy atom. The number of amides is 1. The molecule has 2 saturated heterocycles. The van der Waals surface area contributed by atoms with Crippen LogP contribution in [0, 0.1) is 5.92 Å². The van der Waals surface area contributed by atoms with E-state index < -0.39 is 0 Å². The number of nitrogens with zero attached hydrogens (tertiary/aromatic N) is 1.